The van der Waals surface area contributed by atoms with Gasteiger partial charge in [-0.3, -0.25) is 4.98 Å². The number of aromatic nitrogens is 1. The summed E-state index contributed by atoms with van der Waals surface area (Å²) in [6.45, 7) is 0. The molecule has 1 aromatic heterocycles. The third kappa shape index (κ3) is 3.23. The Morgan fingerprint density at radius 3 is 2.58 bits per heavy atom. The van der Waals surface area contributed by atoms with Crippen molar-refractivity contribution in [2.24, 2.45) is 0 Å². The first kappa shape index (κ1) is 13.4. The van der Waals surface area contributed by atoms with Crippen molar-refractivity contribution in [3.05, 3.63) is 53.3 Å². The Bertz CT molecular complexity index is 582. The van der Waals surface area contributed by atoms with E-state index in [4.69, 9.17) is 16.3 Å². The van der Waals surface area contributed by atoms with Crippen LogP contribution in [0.1, 0.15) is 10.4 Å². The van der Waals surface area contributed by atoms with E-state index in [1.807, 2.05) is 31.1 Å². The summed E-state index contributed by atoms with van der Waals surface area (Å²) in [6.07, 6.45) is 3.94. The molecule has 0 N–H and O–H groups in total. The molecular weight excluding hydrogens is 264 g/mol. The fraction of sp³-hybridized carbons (Fsp3) is 0.143. The molecule has 5 heteroatoms. The highest BCUT2D eigenvalue weighted by Crippen LogP contribution is 2.23. The lowest BCUT2D eigenvalue weighted by atomic mass is 10.2. The molecule has 0 saturated heterocycles. The zero-order valence-electron chi connectivity index (χ0n) is 10.6. The Balaban J connectivity index is 2.14. The third-order valence-electron chi connectivity index (χ3n) is 2.51. The average molecular weight is 276 g/mol. The van der Waals surface area contributed by atoms with Gasteiger partial charge in [0.1, 0.15) is 5.02 Å². The van der Waals surface area contributed by atoms with Crippen LogP contribution in [0.25, 0.3) is 0 Å². The maximum absolute atomic E-state index is 11.9. The van der Waals surface area contributed by atoms with Crippen molar-refractivity contribution in [2.75, 3.05) is 19.0 Å². The average Bonchev–Trinajstić information content (AvgIpc) is 2.41. The zero-order chi connectivity index (χ0) is 13.8. The lowest BCUT2D eigenvalue weighted by Gasteiger charge is -2.12. The van der Waals surface area contributed by atoms with Crippen LogP contribution >= 0.6 is 11.6 Å². The molecule has 0 spiro atoms. The first-order valence-corrected chi connectivity index (χ1v) is 5.97. The Morgan fingerprint density at radius 2 is 2.00 bits per heavy atom. The van der Waals surface area contributed by atoms with E-state index in [0.29, 0.717) is 5.56 Å². The maximum Gasteiger partial charge on any atom is 0.343 e. The van der Waals surface area contributed by atoms with E-state index in [9.17, 15) is 4.79 Å². The van der Waals surface area contributed by atoms with Crippen molar-refractivity contribution in [1.82, 2.24) is 4.98 Å². The van der Waals surface area contributed by atoms with Gasteiger partial charge in [-0.05, 0) is 24.3 Å². The molecular formula is C14H12ClN2O2. The summed E-state index contributed by atoms with van der Waals surface area (Å²) in [5.74, 6) is -0.217. The summed E-state index contributed by atoms with van der Waals surface area (Å²) >= 11 is 5.86. The highest BCUT2D eigenvalue weighted by Gasteiger charge is 2.11. The third-order valence-corrected chi connectivity index (χ3v) is 2.79. The number of carbonyl (C=O) groups is 1. The van der Waals surface area contributed by atoms with Crippen LogP contribution in [0.5, 0.6) is 5.75 Å². The molecule has 0 aliphatic heterocycles. The maximum atomic E-state index is 11.9. The summed E-state index contributed by atoms with van der Waals surface area (Å²) in [5.41, 5.74) is 1.46. The molecule has 0 aliphatic carbocycles. The van der Waals surface area contributed by atoms with E-state index in [-0.39, 0.29) is 10.8 Å². The van der Waals surface area contributed by atoms with Crippen LogP contribution in [-0.2, 0) is 0 Å². The second kappa shape index (κ2) is 5.71. The first-order valence-electron chi connectivity index (χ1n) is 5.59. The Hall–Kier alpha value is -2.07. The number of carbonyl (C=O) groups excluding carboxylic acids is 1. The number of esters is 1. The van der Waals surface area contributed by atoms with Gasteiger partial charge in [0, 0.05) is 25.8 Å². The minimum Gasteiger partial charge on any atom is -0.421 e. The molecule has 19 heavy (non-hydrogen) atoms. The van der Waals surface area contributed by atoms with Crippen molar-refractivity contribution in [3.63, 3.8) is 0 Å². The van der Waals surface area contributed by atoms with Gasteiger partial charge >= 0.3 is 5.97 Å². The van der Waals surface area contributed by atoms with Gasteiger partial charge < -0.3 is 9.64 Å². The zero-order valence-corrected chi connectivity index (χ0v) is 11.3. The normalized spacial score (nSPS) is 10.1. The van der Waals surface area contributed by atoms with E-state index in [1.54, 1.807) is 12.1 Å². The number of halogens is 1. The smallest absolute Gasteiger partial charge is 0.343 e. The monoisotopic (exact) mass is 275 g/mol. The molecule has 0 saturated carbocycles. The second-order valence-corrected chi connectivity index (χ2v) is 4.48. The molecule has 0 atom stereocenters. The number of ether oxygens (including phenoxy) is 1. The Labute approximate surface area is 116 Å². The van der Waals surface area contributed by atoms with Crippen molar-refractivity contribution < 1.29 is 9.53 Å². The standard InChI is InChI=1S/C14H12ClN2O2/c1-17(2)11-5-3-10(4-6-11)14(18)19-13-7-8-16-9-12(13)15/h3-7,9H,1-2H3. The fourth-order valence-electron chi connectivity index (χ4n) is 1.46. The topological polar surface area (TPSA) is 42.4 Å². The molecule has 1 heterocycles. The number of anilines is 1. The van der Waals surface area contributed by atoms with Crippen LogP contribution in [0.15, 0.2) is 36.5 Å². The van der Waals surface area contributed by atoms with Gasteiger partial charge in [-0.15, -0.1) is 0 Å². The summed E-state index contributed by atoms with van der Waals surface area (Å²) < 4.78 is 5.18. The molecule has 0 bridgehead atoms. The van der Waals surface area contributed by atoms with Crippen LogP contribution < -0.4 is 9.64 Å². The number of hydrogen-bond donors (Lipinski definition) is 0. The van der Waals surface area contributed by atoms with Gasteiger partial charge in [0.25, 0.3) is 0 Å². The van der Waals surface area contributed by atoms with Crippen LogP contribution in [-0.4, -0.2) is 25.0 Å². The van der Waals surface area contributed by atoms with Crippen molar-refractivity contribution in [3.8, 4) is 5.75 Å². The quantitative estimate of drug-likeness (QED) is 0.808. The predicted molar refractivity (Wildman–Crippen MR) is 73.8 cm³/mol. The van der Waals surface area contributed by atoms with E-state index in [1.165, 1.54) is 12.3 Å². The SMILES string of the molecule is CN(C)c1ccc(C(=O)Oc2c[c]ncc2Cl)cc1. The highest BCUT2D eigenvalue weighted by atomic mass is 35.5. The van der Waals surface area contributed by atoms with Crippen molar-refractivity contribution in [2.45, 2.75) is 0 Å². The summed E-state index contributed by atoms with van der Waals surface area (Å²) in [4.78, 5) is 17.6. The van der Waals surface area contributed by atoms with Crippen LogP contribution in [0.2, 0.25) is 5.02 Å². The van der Waals surface area contributed by atoms with E-state index < -0.39 is 5.97 Å². The fourth-order valence-corrected chi connectivity index (χ4v) is 1.60. The molecule has 4 nitrogen and oxygen atoms in total. The van der Waals surface area contributed by atoms with Gasteiger partial charge in [-0.2, -0.15) is 0 Å². The van der Waals surface area contributed by atoms with E-state index in [2.05, 4.69) is 11.2 Å². The summed E-state index contributed by atoms with van der Waals surface area (Å²) in [6, 6.07) is 8.52. The predicted octanol–water partition coefficient (Wildman–Crippen LogP) is 2.82. The van der Waals surface area contributed by atoms with Crippen LogP contribution in [0, 0.1) is 6.20 Å². The largest absolute Gasteiger partial charge is 0.421 e. The minimum absolute atomic E-state index is 0.248. The molecule has 0 unspecified atom stereocenters. The molecule has 97 valence electrons. The number of benzene rings is 1. The molecule has 0 aliphatic rings. The van der Waals surface area contributed by atoms with Crippen LogP contribution in [0.3, 0.4) is 0 Å². The highest BCUT2D eigenvalue weighted by molar-refractivity contribution is 6.32. The molecule has 2 rings (SSSR count). The van der Waals surface area contributed by atoms with Gasteiger partial charge in [0.2, 0.25) is 0 Å². The number of hydrogen-bond acceptors (Lipinski definition) is 4. The molecule has 0 fully saturated rings. The van der Waals surface area contributed by atoms with Crippen molar-refractivity contribution in [1.29, 1.82) is 0 Å². The molecule has 1 radical (unpaired) electrons. The van der Waals surface area contributed by atoms with Gasteiger partial charge in [-0.1, -0.05) is 11.6 Å². The van der Waals surface area contributed by atoms with E-state index in [0.717, 1.165) is 5.69 Å². The molecule has 0 amide bonds. The molecule has 1 aromatic carbocycles. The second-order valence-electron chi connectivity index (χ2n) is 4.07. The van der Waals surface area contributed by atoms with Gasteiger partial charge in [-0.25, -0.2) is 4.79 Å². The molecule has 2 aromatic rings. The lowest BCUT2D eigenvalue weighted by Crippen LogP contribution is -2.11. The van der Waals surface area contributed by atoms with Gasteiger partial charge in [0.15, 0.2) is 5.75 Å². The summed E-state index contributed by atoms with van der Waals surface area (Å²) in [7, 11) is 3.86. The summed E-state index contributed by atoms with van der Waals surface area (Å²) in [5, 5.41) is 0.275. The first-order chi connectivity index (χ1) is 9.08. The Kier molecular flexibility index (Phi) is 4.02. The number of nitrogens with zero attached hydrogens (tertiary/aromatic N) is 2. The lowest BCUT2D eigenvalue weighted by molar-refractivity contribution is 0.0734. The van der Waals surface area contributed by atoms with Crippen molar-refractivity contribution >= 4 is 23.3 Å². The van der Waals surface area contributed by atoms with E-state index >= 15 is 0 Å². The van der Waals surface area contributed by atoms with Crippen LogP contribution in [0.4, 0.5) is 5.69 Å². The number of pyridine rings is 1. The number of rotatable bonds is 3. The minimum atomic E-state index is -0.466. The Morgan fingerprint density at radius 1 is 1.32 bits per heavy atom. The van der Waals surface area contributed by atoms with Gasteiger partial charge in [0.05, 0.1) is 18.0 Å².